The van der Waals surface area contributed by atoms with Crippen molar-refractivity contribution < 1.29 is 4.74 Å². The Bertz CT molecular complexity index is 1180. The van der Waals surface area contributed by atoms with E-state index in [2.05, 4.69) is 71.1 Å². The van der Waals surface area contributed by atoms with Gasteiger partial charge < -0.3 is 19.9 Å². The van der Waals surface area contributed by atoms with Gasteiger partial charge in [0.15, 0.2) is 5.13 Å². The molecule has 172 valence electrons. The highest BCUT2D eigenvalue weighted by atomic mass is 32.1. The summed E-state index contributed by atoms with van der Waals surface area (Å²) in [5.41, 5.74) is 3.91. The van der Waals surface area contributed by atoms with Crippen LogP contribution in [-0.2, 0) is 6.42 Å². The van der Waals surface area contributed by atoms with Gasteiger partial charge in [0.05, 0.1) is 0 Å². The molecular weight excluding hydrogens is 432 g/mol. The van der Waals surface area contributed by atoms with Gasteiger partial charge in [0, 0.05) is 43.3 Å². The van der Waals surface area contributed by atoms with Gasteiger partial charge in [-0.05, 0) is 49.6 Å². The van der Waals surface area contributed by atoms with E-state index < -0.39 is 0 Å². The molecule has 0 unspecified atom stereocenters. The van der Waals surface area contributed by atoms with Crippen molar-refractivity contribution in [3.63, 3.8) is 0 Å². The molecule has 0 radical (unpaired) electrons. The van der Waals surface area contributed by atoms with E-state index in [1.807, 2.05) is 18.3 Å². The Hall–Kier alpha value is -2.97. The maximum atomic E-state index is 6.17. The molecule has 1 aliphatic heterocycles. The molecule has 2 aliphatic rings. The van der Waals surface area contributed by atoms with Crippen LogP contribution in [0.4, 0.5) is 16.8 Å². The summed E-state index contributed by atoms with van der Waals surface area (Å²) in [5.74, 6) is 2.75. The van der Waals surface area contributed by atoms with Crippen LogP contribution >= 0.6 is 11.3 Å². The molecule has 33 heavy (non-hydrogen) atoms. The van der Waals surface area contributed by atoms with Gasteiger partial charge in [-0.3, -0.25) is 0 Å². The second kappa shape index (κ2) is 9.11. The van der Waals surface area contributed by atoms with Crippen molar-refractivity contribution in [3.8, 4) is 11.8 Å². The van der Waals surface area contributed by atoms with Crippen molar-refractivity contribution in [1.29, 1.82) is 0 Å². The van der Waals surface area contributed by atoms with Crippen LogP contribution in [0.25, 0.3) is 6.08 Å². The molecule has 8 heteroatoms. The van der Waals surface area contributed by atoms with Crippen LogP contribution in [-0.4, -0.2) is 53.1 Å². The molecule has 1 aliphatic carbocycles. The summed E-state index contributed by atoms with van der Waals surface area (Å²) in [4.78, 5) is 19.8. The van der Waals surface area contributed by atoms with E-state index in [0.717, 1.165) is 49.3 Å². The standard InChI is InChI=1S/C25H30N6OS/c1-16(2)21-15-26-25(33-21)28-22-14-23(31-9-7-30(4)8-10-31)29-24(27-22)32-20-6-5-18-11-17(3)12-19(18)13-20/h5-6,12-16H,7-11H2,1-4H3,(H,26,27,28,29). The van der Waals surface area contributed by atoms with Gasteiger partial charge in [0.2, 0.25) is 0 Å². The van der Waals surface area contributed by atoms with Gasteiger partial charge in [-0.25, -0.2) is 4.98 Å². The maximum Gasteiger partial charge on any atom is 0.325 e. The third-order valence-corrected chi connectivity index (χ3v) is 7.26. The number of nitrogens with zero attached hydrogens (tertiary/aromatic N) is 5. The third-order valence-electron chi connectivity index (χ3n) is 6.04. The molecule has 1 fully saturated rings. The van der Waals surface area contributed by atoms with Gasteiger partial charge in [-0.2, -0.15) is 9.97 Å². The molecule has 1 saturated heterocycles. The van der Waals surface area contributed by atoms with E-state index in [1.165, 1.54) is 21.6 Å². The fourth-order valence-electron chi connectivity index (χ4n) is 4.10. The fraction of sp³-hybridized carbons (Fsp3) is 0.400. The molecule has 3 aromatic rings. The van der Waals surface area contributed by atoms with E-state index in [1.54, 1.807) is 11.3 Å². The highest BCUT2D eigenvalue weighted by Gasteiger charge is 2.19. The minimum atomic E-state index is 0.341. The number of hydrogen-bond acceptors (Lipinski definition) is 8. The highest BCUT2D eigenvalue weighted by molar-refractivity contribution is 7.15. The number of allylic oxidation sites excluding steroid dienone is 1. The lowest BCUT2D eigenvalue weighted by Crippen LogP contribution is -2.44. The number of rotatable bonds is 6. The lowest BCUT2D eigenvalue weighted by molar-refractivity contribution is 0.311. The lowest BCUT2D eigenvalue weighted by atomic mass is 10.1. The first-order valence-corrected chi connectivity index (χ1v) is 12.3. The van der Waals surface area contributed by atoms with Crippen molar-refractivity contribution in [2.24, 2.45) is 0 Å². The average Bonchev–Trinajstić information content (AvgIpc) is 3.39. The summed E-state index contributed by atoms with van der Waals surface area (Å²) in [6.45, 7) is 10.4. The summed E-state index contributed by atoms with van der Waals surface area (Å²) in [5, 5.41) is 4.20. The average molecular weight is 463 g/mol. The number of piperazine rings is 1. The Balaban J connectivity index is 1.43. The first-order valence-electron chi connectivity index (χ1n) is 11.5. The predicted octanol–water partition coefficient (Wildman–Crippen LogP) is 5.30. The number of benzene rings is 1. The molecule has 0 bridgehead atoms. The van der Waals surface area contributed by atoms with Crippen molar-refractivity contribution in [2.75, 3.05) is 43.4 Å². The van der Waals surface area contributed by atoms with Gasteiger partial charge in [-0.1, -0.05) is 31.6 Å². The molecule has 2 aromatic heterocycles. The zero-order chi connectivity index (χ0) is 22.9. The van der Waals surface area contributed by atoms with Crippen LogP contribution < -0.4 is 15.0 Å². The number of nitrogens with one attached hydrogen (secondary N) is 1. The van der Waals surface area contributed by atoms with Crippen LogP contribution in [0.5, 0.6) is 11.8 Å². The second-order valence-electron chi connectivity index (χ2n) is 9.16. The number of fused-ring (bicyclic) bond motifs is 1. The Labute approximate surface area is 199 Å². The molecule has 0 saturated carbocycles. The van der Waals surface area contributed by atoms with E-state index in [0.29, 0.717) is 17.7 Å². The van der Waals surface area contributed by atoms with Crippen LogP contribution in [0.15, 0.2) is 36.0 Å². The van der Waals surface area contributed by atoms with Gasteiger partial charge >= 0.3 is 6.01 Å². The zero-order valence-corrected chi connectivity index (χ0v) is 20.4. The Morgan fingerprint density at radius 1 is 1.09 bits per heavy atom. The fourth-order valence-corrected chi connectivity index (χ4v) is 4.92. The first kappa shape index (κ1) is 21.9. The molecule has 7 nitrogen and oxygen atoms in total. The summed E-state index contributed by atoms with van der Waals surface area (Å²) in [6.07, 6.45) is 5.15. The Morgan fingerprint density at radius 2 is 1.91 bits per heavy atom. The first-order chi connectivity index (χ1) is 15.9. The Morgan fingerprint density at radius 3 is 2.67 bits per heavy atom. The SMILES string of the molecule is CC1=Cc2cc(Oc3nc(Nc4ncc(C(C)C)s4)cc(N4CCN(C)CC4)n3)ccc2C1. The molecular formula is C25H30N6OS. The van der Waals surface area contributed by atoms with Gasteiger partial charge in [0.1, 0.15) is 17.4 Å². The number of aromatic nitrogens is 3. The largest absolute Gasteiger partial charge is 0.424 e. The van der Waals surface area contributed by atoms with Crippen molar-refractivity contribution >= 4 is 34.2 Å². The summed E-state index contributed by atoms with van der Waals surface area (Å²) < 4.78 is 6.17. The highest BCUT2D eigenvalue weighted by Crippen LogP contribution is 2.32. The van der Waals surface area contributed by atoms with E-state index in [9.17, 15) is 0 Å². The quantitative estimate of drug-likeness (QED) is 0.533. The molecule has 0 amide bonds. The van der Waals surface area contributed by atoms with Gasteiger partial charge in [-0.15, -0.1) is 11.3 Å². The number of likely N-dealkylation sites (N-methyl/N-ethyl adjacent to an activating group) is 1. The minimum absolute atomic E-state index is 0.341. The predicted molar refractivity (Wildman–Crippen MR) is 135 cm³/mol. The molecule has 5 rings (SSSR count). The van der Waals surface area contributed by atoms with Crippen LogP contribution in [0.2, 0.25) is 0 Å². The topological polar surface area (TPSA) is 66.4 Å². The molecule has 1 N–H and O–H groups in total. The monoisotopic (exact) mass is 462 g/mol. The van der Waals surface area contributed by atoms with Crippen LogP contribution in [0, 0.1) is 0 Å². The summed E-state index contributed by atoms with van der Waals surface area (Å²) in [6, 6.07) is 8.53. The summed E-state index contributed by atoms with van der Waals surface area (Å²) in [7, 11) is 2.15. The van der Waals surface area contributed by atoms with Crippen LogP contribution in [0.1, 0.15) is 42.7 Å². The van der Waals surface area contributed by atoms with Crippen LogP contribution in [0.3, 0.4) is 0 Å². The minimum Gasteiger partial charge on any atom is -0.424 e. The Kier molecular flexibility index (Phi) is 6.03. The van der Waals surface area contributed by atoms with Crippen molar-refractivity contribution in [1.82, 2.24) is 19.9 Å². The maximum absolute atomic E-state index is 6.17. The molecule has 0 atom stereocenters. The number of thiazole rings is 1. The molecule has 0 spiro atoms. The smallest absolute Gasteiger partial charge is 0.325 e. The summed E-state index contributed by atoms with van der Waals surface area (Å²) >= 11 is 1.65. The van der Waals surface area contributed by atoms with Gasteiger partial charge in [0.25, 0.3) is 0 Å². The van der Waals surface area contributed by atoms with Crippen molar-refractivity contribution in [2.45, 2.75) is 33.1 Å². The zero-order valence-electron chi connectivity index (χ0n) is 19.6. The van der Waals surface area contributed by atoms with E-state index in [4.69, 9.17) is 9.72 Å². The number of anilines is 3. The number of hydrogen-bond donors (Lipinski definition) is 1. The van der Waals surface area contributed by atoms with E-state index in [-0.39, 0.29) is 0 Å². The normalized spacial score (nSPS) is 16.2. The molecule has 1 aromatic carbocycles. The molecule has 3 heterocycles. The third kappa shape index (κ3) is 5.02. The van der Waals surface area contributed by atoms with Crippen molar-refractivity contribution in [3.05, 3.63) is 52.0 Å². The lowest BCUT2D eigenvalue weighted by Gasteiger charge is -2.33. The number of ether oxygens (including phenoxy) is 1. The van der Waals surface area contributed by atoms with E-state index >= 15 is 0 Å². The second-order valence-corrected chi connectivity index (χ2v) is 10.2.